The normalized spacial score (nSPS) is 10.8. The van der Waals surface area contributed by atoms with E-state index in [1.54, 1.807) is 18.4 Å². The number of hydrogen-bond donors (Lipinski definition) is 2. The topological polar surface area (TPSA) is 76.1 Å². The lowest BCUT2D eigenvalue weighted by molar-refractivity contribution is 0.0951. The molecule has 0 bridgehead atoms. The monoisotopic (exact) mass is 446 g/mol. The molecule has 0 saturated heterocycles. The van der Waals surface area contributed by atoms with Gasteiger partial charge in [-0.1, -0.05) is 31.2 Å². The molecular weight excluding hydrogens is 420 g/mol. The van der Waals surface area contributed by atoms with E-state index in [1.807, 2.05) is 55.5 Å². The Labute approximate surface area is 191 Å². The largest absolute Gasteiger partial charge is 0.497 e. The van der Waals surface area contributed by atoms with E-state index >= 15 is 0 Å². The van der Waals surface area contributed by atoms with Gasteiger partial charge in [-0.15, -0.1) is 11.3 Å². The van der Waals surface area contributed by atoms with Gasteiger partial charge in [0.15, 0.2) is 0 Å². The predicted molar refractivity (Wildman–Crippen MR) is 129 cm³/mol. The molecule has 0 fully saturated rings. The van der Waals surface area contributed by atoms with Gasteiger partial charge in [0, 0.05) is 23.5 Å². The third-order valence-corrected chi connectivity index (χ3v) is 6.37. The maximum absolute atomic E-state index is 12.5. The highest BCUT2D eigenvalue weighted by molar-refractivity contribution is 7.18. The molecule has 1 amide bonds. The maximum Gasteiger partial charge on any atom is 0.251 e. The van der Waals surface area contributed by atoms with Crippen molar-refractivity contribution in [2.24, 2.45) is 0 Å². The lowest BCUT2D eigenvalue weighted by Gasteiger charge is -2.09. The molecule has 32 heavy (non-hydrogen) atoms. The molecule has 7 heteroatoms. The number of ether oxygens (including phenoxy) is 1. The van der Waals surface area contributed by atoms with Crippen molar-refractivity contribution >= 4 is 33.3 Å². The number of hydrogen-bond acceptors (Lipinski definition) is 6. The molecule has 0 spiro atoms. The van der Waals surface area contributed by atoms with Gasteiger partial charge < -0.3 is 15.4 Å². The zero-order chi connectivity index (χ0) is 22.5. The number of aromatic nitrogens is 2. The number of nitrogens with zero attached hydrogens (tertiary/aromatic N) is 2. The number of thiophene rings is 1. The van der Waals surface area contributed by atoms with E-state index in [2.05, 4.69) is 33.6 Å². The molecular formula is C25H26N4O2S. The highest BCUT2D eigenvalue weighted by Crippen LogP contribution is 2.29. The number of methoxy groups -OCH3 is 1. The molecule has 2 heterocycles. The first-order valence-electron chi connectivity index (χ1n) is 10.6. The summed E-state index contributed by atoms with van der Waals surface area (Å²) in [5.41, 5.74) is 2.73. The second-order valence-electron chi connectivity index (χ2n) is 7.49. The van der Waals surface area contributed by atoms with Gasteiger partial charge in [0.1, 0.15) is 22.2 Å². The van der Waals surface area contributed by atoms with E-state index in [1.165, 1.54) is 4.88 Å². The Morgan fingerprint density at radius 3 is 2.38 bits per heavy atom. The van der Waals surface area contributed by atoms with Gasteiger partial charge in [0.05, 0.1) is 12.5 Å². The van der Waals surface area contributed by atoms with Crippen LogP contribution in [0.3, 0.4) is 0 Å². The zero-order valence-electron chi connectivity index (χ0n) is 18.4. The minimum Gasteiger partial charge on any atom is -0.497 e. The summed E-state index contributed by atoms with van der Waals surface area (Å²) < 4.78 is 5.16. The summed E-state index contributed by atoms with van der Waals surface area (Å²) in [6.45, 7) is 5.15. The third kappa shape index (κ3) is 5.06. The summed E-state index contributed by atoms with van der Waals surface area (Å²) in [4.78, 5) is 23.9. The van der Waals surface area contributed by atoms with E-state index in [4.69, 9.17) is 4.74 Å². The minimum atomic E-state index is -0.0983. The standard InChI is InChI=1S/C25H26N4O2S/c1-4-21-13-22-23(28-16(2)29-25(22)32-21)26-14-17-5-9-19(10-6-17)24(30)27-15-18-7-11-20(31-3)12-8-18/h5-13H,4,14-15H2,1-3H3,(H,27,30)(H,26,28,29). The number of rotatable bonds is 8. The number of carbonyl (C=O) groups excluding carboxylic acids is 1. The highest BCUT2D eigenvalue weighted by Gasteiger charge is 2.10. The minimum absolute atomic E-state index is 0.0983. The highest BCUT2D eigenvalue weighted by atomic mass is 32.1. The van der Waals surface area contributed by atoms with Crippen LogP contribution in [-0.4, -0.2) is 23.0 Å². The van der Waals surface area contributed by atoms with Gasteiger partial charge in [-0.25, -0.2) is 9.97 Å². The lowest BCUT2D eigenvalue weighted by atomic mass is 10.1. The quantitative estimate of drug-likeness (QED) is 0.393. The molecule has 2 aromatic heterocycles. The number of amides is 1. The summed E-state index contributed by atoms with van der Waals surface area (Å²) in [5.74, 6) is 2.31. The van der Waals surface area contributed by atoms with E-state index in [-0.39, 0.29) is 5.91 Å². The van der Waals surface area contributed by atoms with Crippen molar-refractivity contribution in [3.63, 3.8) is 0 Å². The third-order valence-electron chi connectivity index (χ3n) is 5.19. The van der Waals surface area contributed by atoms with Crippen LogP contribution in [0, 0.1) is 6.92 Å². The van der Waals surface area contributed by atoms with E-state index in [9.17, 15) is 4.79 Å². The first-order valence-corrected chi connectivity index (χ1v) is 11.4. The maximum atomic E-state index is 12.5. The predicted octanol–water partition coefficient (Wildman–Crippen LogP) is 5.11. The summed E-state index contributed by atoms with van der Waals surface area (Å²) in [7, 11) is 1.63. The molecule has 0 radical (unpaired) electrons. The molecule has 2 N–H and O–H groups in total. The van der Waals surface area contributed by atoms with Crippen LogP contribution in [0.2, 0.25) is 0 Å². The van der Waals surface area contributed by atoms with Crippen molar-refractivity contribution in [1.29, 1.82) is 0 Å². The summed E-state index contributed by atoms with van der Waals surface area (Å²) in [5, 5.41) is 7.45. The van der Waals surface area contributed by atoms with Crippen LogP contribution >= 0.6 is 11.3 Å². The van der Waals surface area contributed by atoms with Crippen LogP contribution in [0.5, 0.6) is 5.75 Å². The van der Waals surface area contributed by atoms with Gasteiger partial charge in [0.2, 0.25) is 0 Å². The number of anilines is 1. The second kappa shape index (κ2) is 9.78. The Morgan fingerprint density at radius 2 is 1.69 bits per heavy atom. The lowest BCUT2D eigenvalue weighted by Crippen LogP contribution is -2.22. The van der Waals surface area contributed by atoms with E-state index in [0.717, 1.165) is 45.2 Å². The average Bonchev–Trinajstić information content (AvgIpc) is 3.25. The molecule has 0 unspecified atom stereocenters. The Kier molecular flexibility index (Phi) is 6.66. The first kappa shape index (κ1) is 21.8. The zero-order valence-corrected chi connectivity index (χ0v) is 19.3. The number of fused-ring (bicyclic) bond motifs is 1. The van der Waals surface area contributed by atoms with Crippen molar-refractivity contribution < 1.29 is 9.53 Å². The molecule has 0 atom stereocenters. The van der Waals surface area contributed by atoms with Gasteiger partial charge in [-0.05, 0) is 54.8 Å². The van der Waals surface area contributed by atoms with Gasteiger partial charge in [-0.3, -0.25) is 4.79 Å². The molecule has 6 nitrogen and oxygen atoms in total. The fraction of sp³-hybridized carbons (Fsp3) is 0.240. The van der Waals surface area contributed by atoms with Crippen LogP contribution < -0.4 is 15.4 Å². The van der Waals surface area contributed by atoms with Crippen molar-refractivity contribution in [1.82, 2.24) is 15.3 Å². The molecule has 164 valence electrons. The second-order valence-corrected chi connectivity index (χ2v) is 8.60. The van der Waals surface area contributed by atoms with Crippen LogP contribution in [-0.2, 0) is 19.5 Å². The van der Waals surface area contributed by atoms with Gasteiger partial charge >= 0.3 is 0 Å². The molecule has 4 aromatic rings. The smallest absolute Gasteiger partial charge is 0.251 e. The molecule has 0 aliphatic rings. The number of carbonyl (C=O) groups is 1. The van der Waals surface area contributed by atoms with Crippen LogP contribution in [0.25, 0.3) is 10.2 Å². The average molecular weight is 447 g/mol. The van der Waals surface area contributed by atoms with Crippen molar-refractivity contribution in [3.8, 4) is 5.75 Å². The fourth-order valence-electron chi connectivity index (χ4n) is 3.37. The Bertz CT molecular complexity index is 1220. The van der Waals surface area contributed by atoms with Gasteiger partial charge in [-0.2, -0.15) is 0 Å². The number of benzene rings is 2. The molecule has 0 aliphatic carbocycles. The van der Waals surface area contributed by atoms with Crippen molar-refractivity contribution in [2.75, 3.05) is 12.4 Å². The van der Waals surface area contributed by atoms with Crippen molar-refractivity contribution in [3.05, 3.63) is 82.0 Å². The van der Waals surface area contributed by atoms with Crippen LogP contribution in [0.15, 0.2) is 54.6 Å². The number of nitrogens with one attached hydrogen (secondary N) is 2. The number of aryl methyl sites for hydroxylation is 2. The molecule has 4 rings (SSSR count). The van der Waals surface area contributed by atoms with E-state index in [0.29, 0.717) is 18.7 Å². The molecule has 0 saturated carbocycles. The van der Waals surface area contributed by atoms with Gasteiger partial charge in [0.25, 0.3) is 5.91 Å². The van der Waals surface area contributed by atoms with Crippen LogP contribution in [0.4, 0.5) is 5.82 Å². The molecule has 2 aromatic carbocycles. The first-order chi connectivity index (χ1) is 15.6. The molecule has 0 aliphatic heterocycles. The Hall–Kier alpha value is -3.45. The Balaban J connectivity index is 1.37. The summed E-state index contributed by atoms with van der Waals surface area (Å²) in [6.07, 6.45) is 0.988. The van der Waals surface area contributed by atoms with Crippen LogP contribution in [0.1, 0.15) is 39.1 Å². The van der Waals surface area contributed by atoms with Crippen molar-refractivity contribution in [2.45, 2.75) is 33.4 Å². The summed E-state index contributed by atoms with van der Waals surface area (Å²) >= 11 is 1.72. The SMILES string of the molecule is CCc1cc2c(NCc3ccc(C(=O)NCc4ccc(OC)cc4)cc3)nc(C)nc2s1. The van der Waals surface area contributed by atoms with E-state index < -0.39 is 0 Å². The Morgan fingerprint density at radius 1 is 1.00 bits per heavy atom. The summed E-state index contributed by atoms with van der Waals surface area (Å²) in [6, 6.07) is 17.4. The fourth-order valence-corrected chi connectivity index (χ4v) is 4.39.